The molecule has 0 bridgehead atoms. The molecule has 33 heavy (non-hydrogen) atoms. The van der Waals surface area contributed by atoms with Crippen LogP contribution in [0.3, 0.4) is 0 Å². The molecule has 0 aliphatic rings. The van der Waals surface area contributed by atoms with Crippen LogP contribution in [0.25, 0.3) is 28.0 Å². The maximum atomic E-state index is 13.6. The first-order chi connectivity index (χ1) is 15.9. The number of aromatic nitrogens is 3. The van der Waals surface area contributed by atoms with Crippen molar-refractivity contribution >= 4 is 10.9 Å². The minimum absolute atomic E-state index is 0.0485. The molecule has 0 amide bonds. The van der Waals surface area contributed by atoms with Crippen molar-refractivity contribution in [2.45, 2.75) is 40.0 Å². The number of pyridine rings is 1. The standard InChI is InChI=1S/C27H29N3O3/c1-5-17(2)20-6-8-22(9-7-20)30-26(29-24-10-11-28-16-23(24)27(30)32)21-14-18(3)25(19(4)15-21)33-13-12-31/h6-11,14-17,31H,5,12-13H2,1-4H3. The first kappa shape index (κ1) is 22.7. The van der Waals surface area contributed by atoms with Crippen LogP contribution < -0.4 is 10.3 Å². The SMILES string of the molecule is CCC(C)c1ccc(-n2c(-c3cc(C)c(OCCO)c(C)c3)nc3ccncc3c2=O)cc1. The lowest BCUT2D eigenvalue weighted by Gasteiger charge is -2.17. The Balaban J connectivity index is 1.94. The van der Waals surface area contributed by atoms with Crippen LogP contribution in [0.1, 0.15) is 42.9 Å². The van der Waals surface area contributed by atoms with E-state index in [9.17, 15) is 4.79 Å². The van der Waals surface area contributed by atoms with Crippen LogP contribution in [-0.2, 0) is 0 Å². The molecule has 0 spiro atoms. The highest BCUT2D eigenvalue weighted by Gasteiger charge is 2.17. The van der Waals surface area contributed by atoms with Gasteiger partial charge >= 0.3 is 0 Å². The lowest BCUT2D eigenvalue weighted by molar-refractivity contribution is 0.200. The van der Waals surface area contributed by atoms with Crippen LogP contribution in [0, 0.1) is 13.8 Å². The zero-order valence-corrected chi connectivity index (χ0v) is 19.5. The predicted octanol–water partition coefficient (Wildman–Crippen LogP) is 4.95. The van der Waals surface area contributed by atoms with Crippen LogP contribution in [0.15, 0.2) is 59.7 Å². The van der Waals surface area contributed by atoms with Gasteiger partial charge in [-0.25, -0.2) is 4.98 Å². The van der Waals surface area contributed by atoms with E-state index in [1.165, 1.54) is 5.56 Å². The molecule has 2 aromatic carbocycles. The van der Waals surface area contributed by atoms with E-state index in [-0.39, 0.29) is 18.8 Å². The fraction of sp³-hybridized carbons (Fsp3) is 0.296. The van der Waals surface area contributed by atoms with Crippen molar-refractivity contribution in [3.8, 4) is 22.8 Å². The minimum atomic E-state index is -0.157. The first-order valence-corrected chi connectivity index (χ1v) is 11.3. The summed E-state index contributed by atoms with van der Waals surface area (Å²) in [5.74, 6) is 1.76. The molecule has 4 aromatic rings. The van der Waals surface area contributed by atoms with Gasteiger partial charge in [0.05, 0.1) is 23.2 Å². The molecule has 170 valence electrons. The molecule has 6 heteroatoms. The summed E-state index contributed by atoms with van der Waals surface area (Å²) in [6.07, 6.45) is 4.27. The van der Waals surface area contributed by atoms with Gasteiger partial charge in [-0.2, -0.15) is 0 Å². The number of fused-ring (bicyclic) bond motifs is 1. The molecule has 0 radical (unpaired) electrons. The zero-order valence-electron chi connectivity index (χ0n) is 19.5. The third-order valence-electron chi connectivity index (χ3n) is 6.06. The molecule has 6 nitrogen and oxygen atoms in total. The summed E-state index contributed by atoms with van der Waals surface area (Å²) < 4.78 is 7.37. The van der Waals surface area contributed by atoms with Gasteiger partial charge < -0.3 is 9.84 Å². The summed E-state index contributed by atoms with van der Waals surface area (Å²) in [5.41, 5.74) is 5.11. The summed E-state index contributed by atoms with van der Waals surface area (Å²) in [6, 6.07) is 13.8. The Morgan fingerprint density at radius 3 is 2.42 bits per heavy atom. The van der Waals surface area contributed by atoms with Gasteiger partial charge in [0.15, 0.2) is 0 Å². The van der Waals surface area contributed by atoms with E-state index in [0.717, 1.165) is 34.5 Å². The molecule has 1 N–H and O–H groups in total. The third kappa shape index (κ3) is 4.39. The van der Waals surface area contributed by atoms with Crippen molar-refractivity contribution in [3.05, 3.63) is 81.9 Å². The van der Waals surface area contributed by atoms with E-state index in [1.54, 1.807) is 23.0 Å². The van der Waals surface area contributed by atoms with Crippen molar-refractivity contribution < 1.29 is 9.84 Å². The number of hydrogen-bond donors (Lipinski definition) is 1. The molecule has 2 aromatic heterocycles. The second kappa shape index (κ2) is 9.55. The lowest BCUT2D eigenvalue weighted by Crippen LogP contribution is -2.22. The van der Waals surface area contributed by atoms with Gasteiger partial charge in [0, 0.05) is 18.0 Å². The number of aryl methyl sites for hydroxylation is 2. The van der Waals surface area contributed by atoms with Gasteiger partial charge in [-0.3, -0.25) is 14.3 Å². The Bertz CT molecular complexity index is 1320. The largest absolute Gasteiger partial charge is 0.491 e. The molecular formula is C27H29N3O3. The second-order valence-electron chi connectivity index (χ2n) is 8.38. The normalized spacial score (nSPS) is 12.2. The van der Waals surface area contributed by atoms with Crippen molar-refractivity contribution in [1.29, 1.82) is 0 Å². The van der Waals surface area contributed by atoms with Crippen LogP contribution in [0.2, 0.25) is 0 Å². The van der Waals surface area contributed by atoms with E-state index in [4.69, 9.17) is 14.8 Å². The van der Waals surface area contributed by atoms with Crippen LogP contribution >= 0.6 is 0 Å². The average molecular weight is 444 g/mol. The molecule has 0 aliphatic carbocycles. The summed E-state index contributed by atoms with van der Waals surface area (Å²) in [5, 5.41) is 9.60. The number of ether oxygens (including phenoxy) is 1. The average Bonchev–Trinajstić information content (AvgIpc) is 2.83. The molecule has 2 heterocycles. The predicted molar refractivity (Wildman–Crippen MR) is 131 cm³/mol. The van der Waals surface area contributed by atoms with Gasteiger partial charge in [0.25, 0.3) is 5.56 Å². The van der Waals surface area contributed by atoms with E-state index < -0.39 is 0 Å². The Labute approximate surface area is 193 Å². The van der Waals surface area contributed by atoms with E-state index in [2.05, 4.69) is 31.0 Å². The van der Waals surface area contributed by atoms with Gasteiger partial charge in [-0.15, -0.1) is 0 Å². The third-order valence-corrected chi connectivity index (χ3v) is 6.06. The smallest absolute Gasteiger partial charge is 0.267 e. The van der Waals surface area contributed by atoms with E-state index >= 15 is 0 Å². The summed E-state index contributed by atoms with van der Waals surface area (Å²) in [4.78, 5) is 22.6. The first-order valence-electron chi connectivity index (χ1n) is 11.3. The highest BCUT2D eigenvalue weighted by atomic mass is 16.5. The summed E-state index contributed by atoms with van der Waals surface area (Å²) in [7, 11) is 0. The fourth-order valence-electron chi connectivity index (χ4n) is 4.11. The van der Waals surface area contributed by atoms with Crippen LogP contribution in [0.4, 0.5) is 0 Å². The quantitative estimate of drug-likeness (QED) is 0.437. The highest BCUT2D eigenvalue weighted by Crippen LogP contribution is 2.31. The number of aliphatic hydroxyl groups is 1. The molecule has 0 saturated carbocycles. The number of hydrogen-bond acceptors (Lipinski definition) is 5. The Hall–Kier alpha value is -3.51. The van der Waals surface area contributed by atoms with Gasteiger partial charge in [0.1, 0.15) is 18.2 Å². The molecule has 4 rings (SSSR count). The summed E-state index contributed by atoms with van der Waals surface area (Å²) >= 11 is 0. The Kier molecular flexibility index (Phi) is 6.56. The molecule has 0 aliphatic heterocycles. The van der Waals surface area contributed by atoms with Crippen molar-refractivity contribution in [2.75, 3.05) is 13.2 Å². The molecular weight excluding hydrogens is 414 g/mol. The van der Waals surface area contributed by atoms with Crippen molar-refractivity contribution in [2.24, 2.45) is 0 Å². The van der Waals surface area contributed by atoms with Crippen molar-refractivity contribution in [3.63, 3.8) is 0 Å². The second-order valence-corrected chi connectivity index (χ2v) is 8.38. The Morgan fingerprint density at radius 1 is 1.09 bits per heavy atom. The molecule has 0 fully saturated rings. The zero-order chi connectivity index (χ0) is 23.5. The molecule has 0 saturated heterocycles. The fourth-order valence-corrected chi connectivity index (χ4v) is 4.11. The highest BCUT2D eigenvalue weighted by molar-refractivity contribution is 5.80. The number of aliphatic hydroxyl groups excluding tert-OH is 1. The lowest BCUT2D eigenvalue weighted by atomic mass is 9.98. The molecule has 1 atom stereocenters. The van der Waals surface area contributed by atoms with Crippen LogP contribution in [-0.4, -0.2) is 32.9 Å². The molecule has 1 unspecified atom stereocenters. The maximum absolute atomic E-state index is 13.6. The maximum Gasteiger partial charge on any atom is 0.267 e. The topological polar surface area (TPSA) is 77.2 Å². The van der Waals surface area contributed by atoms with Gasteiger partial charge in [0.2, 0.25) is 0 Å². The van der Waals surface area contributed by atoms with Gasteiger partial charge in [-0.1, -0.05) is 26.0 Å². The van der Waals surface area contributed by atoms with Gasteiger partial charge in [-0.05, 0) is 73.2 Å². The number of rotatable bonds is 7. The van der Waals surface area contributed by atoms with E-state index in [0.29, 0.717) is 22.6 Å². The number of nitrogens with zero attached hydrogens (tertiary/aromatic N) is 3. The summed E-state index contributed by atoms with van der Waals surface area (Å²) in [6.45, 7) is 8.46. The Morgan fingerprint density at radius 2 is 1.79 bits per heavy atom. The number of benzene rings is 2. The van der Waals surface area contributed by atoms with Crippen molar-refractivity contribution in [1.82, 2.24) is 14.5 Å². The van der Waals surface area contributed by atoms with E-state index in [1.807, 2.05) is 38.1 Å². The monoisotopic (exact) mass is 443 g/mol. The minimum Gasteiger partial charge on any atom is -0.491 e. The van der Waals surface area contributed by atoms with Crippen LogP contribution in [0.5, 0.6) is 5.75 Å².